The minimum atomic E-state index is -0.167. The molecule has 1 aromatic carbocycles. The van der Waals surface area contributed by atoms with Crippen LogP contribution in [0.4, 0.5) is 5.69 Å². The Bertz CT molecular complexity index is 356. The Hall–Kier alpha value is -1.20. The number of ether oxygens (including phenoxy) is 1. The molecule has 0 heterocycles. The highest BCUT2D eigenvalue weighted by atomic mass is 32.2. The second-order valence-corrected chi connectivity index (χ2v) is 4.57. The maximum absolute atomic E-state index is 11.0. The Morgan fingerprint density at radius 3 is 2.56 bits per heavy atom. The third kappa shape index (κ3) is 3.92. The average molecular weight is 269 g/mol. The van der Waals surface area contributed by atoms with Crippen molar-refractivity contribution in [3.8, 4) is 5.75 Å². The zero-order valence-electron chi connectivity index (χ0n) is 10.7. The SMILES string of the molecule is CCN(c1ccc(OCCO)cc1)C(C=O)SC. The number of hydrogen-bond donors (Lipinski definition) is 1. The molecule has 1 rings (SSSR count). The Labute approximate surface area is 112 Å². The van der Waals surface area contributed by atoms with Crippen LogP contribution in [0.3, 0.4) is 0 Å². The monoisotopic (exact) mass is 269 g/mol. The van der Waals surface area contributed by atoms with Crippen molar-refractivity contribution in [2.24, 2.45) is 0 Å². The van der Waals surface area contributed by atoms with Gasteiger partial charge in [-0.3, -0.25) is 0 Å². The normalized spacial score (nSPS) is 11.9. The Balaban J connectivity index is 2.77. The molecule has 0 bridgehead atoms. The first-order valence-corrected chi connectivity index (χ1v) is 7.14. The van der Waals surface area contributed by atoms with Crippen molar-refractivity contribution in [2.45, 2.75) is 12.3 Å². The van der Waals surface area contributed by atoms with E-state index in [1.807, 2.05) is 42.3 Å². The molecule has 0 fully saturated rings. The second-order valence-electron chi connectivity index (χ2n) is 3.61. The molecule has 18 heavy (non-hydrogen) atoms. The molecule has 0 aliphatic carbocycles. The lowest BCUT2D eigenvalue weighted by Crippen LogP contribution is -2.33. The lowest BCUT2D eigenvalue weighted by Gasteiger charge is -2.27. The van der Waals surface area contributed by atoms with Crippen molar-refractivity contribution in [3.63, 3.8) is 0 Å². The Kier molecular flexibility index (Phi) is 6.60. The van der Waals surface area contributed by atoms with Gasteiger partial charge in [-0.2, -0.15) is 0 Å². The van der Waals surface area contributed by atoms with Crippen LogP contribution in [0.5, 0.6) is 5.75 Å². The molecule has 0 aliphatic rings. The van der Waals surface area contributed by atoms with Crippen molar-refractivity contribution in [3.05, 3.63) is 24.3 Å². The summed E-state index contributed by atoms with van der Waals surface area (Å²) < 4.78 is 5.29. The minimum Gasteiger partial charge on any atom is -0.491 e. The summed E-state index contributed by atoms with van der Waals surface area (Å²) in [4.78, 5) is 13.0. The van der Waals surface area contributed by atoms with E-state index >= 15 is 0 Å². The summed E-state index contributed by atoms with van der Waals surface area (Å²) in [5.41, 5.74) is 0.986. The third-order valence-corrected chi connectivity index (χ3v) is 3.38. The summed E-state index contributed by atoms with van der Waals surface area (Å²) in [5.74, 6) is 0.718. The fraction of sp³-hybridized carbons (Fsp3) is 0.462. The van der Waals surface area contributed by atoms with Crippen LogP contribution >= 0.6 is 11.8 Å². The molecular formula is C13H19NO3S. The molecule has 0 saturated heterocycles. The summed E-state index contributed by atoms with van der Waals surface area (Å²) in [7, 11) is 0. The zero-order chi connectivity index (χ0) is 13.4. The van der Waals surface area contributed by atoms with Crippen molar-refractivity contribution >= 4 is 23.7 Å². The molecule has 0 radical (unpaired) electrons. The van der Waals surface area contributed by atoms with E-state index in [9.17, 15) is 4.79 Å². The highest BCUT2D eigenvalue weighted by molar-refractivity contribution is 7.99. The molecule has 1 N–H and O–H groups in total. The fourth-order valence-electron chi connectivity index (χ4n) is 1.66. The van der Waals surface area contributed by atoms with Crippen LogP contribution in [0.15, 0.2) is 24.3 Å². The van der Waals surface area contributed by atoms with Gasteiger partial charge in [-0.15, -0.1) is 11.8 Å². The van der Waals surface area contributed by atoms with Gasteiger partial charge in [0.05, 0.1) is 6.61 Å². The van der Waals surface area contributed by atoms with Gasteiger partial charge in [-0.1, -0.05) is 0 Å². The Morgan fingerprint density at radius 1 is 1.44 bits per heavy atom. The fourth-order valence-corrected chi connectivity index (χ4v) is 2.30. The lowest BCUT2D eigenvalue weighted by molar-refractivity contribution is -0.107. The van der Waals surface area contributed by atoms with Crippen molar-refractivity contribution in [1.29, 1.82) is 0 Å². The molecule has 1 unspecified atom stereocenters. The van der Waals surface area contributed by atoms with Gasteiger partial charge in [0.25, 0.3) is 0 Å². The number of rotatable bonds is 8. The lowest BCUT2D eigenvalue weighted by atomic mass is 10.2. The summed E-state index contributed by atoms with van der Waals surface area (Å²) in [5, 5.41) is 8.50. The number of anilines is 1. The predicted molar refractivity (Wildman–Crippen MR) is 75.4 cm³/mol. The highest BCUT2D eigenvalue weighted by Gasteiger charge is 2.15. The first-order chi connectivity index (χ1) is 8.76. The summed E-state index contributed by atoms with van der Waals surface area (Å²) in [6.07, 6.45) is 2.87. The van der Waals surface area contributed by atoms with E-state index in [4.69, 9.17) is 9.84 Å². The van der Waals surface area contributed by atoms with Crippen molar-refractivity contribution < 1.29 is 14.6 Å². The number of aliphatic hydroxyl groups is 1. The Morgan fingerprint density at radius 2 is 2.11 bits per heavy atom. The summed E-state index contributed by atoms with van der Waals surface area (Å²) in [6, 6.07) is 7.53. The van der Waals surface area contributed by atoms with Gasteiger partial charge in [0.1, 0.15) is 17.7 Å². The van der Waals surface area contributed by atoms with Gasteiger partial charge in [0.2, 0.25) is 0 Å². The van der Waals surface area contributed by atoms with Crippen LogP contribution < -0.4 is 9.64 Å². The van der Waals surface area contributed by atoms with E-state index in [-0.39, 0.29) is 12.0 Å². The zero-order valence-corrected chi connectivity index (χ0v) is 11.5. The largest absolute Gasteiger partial charge is 0.491 e. The molecule has 0 spiro atoms. The number of thioether (sulfide) groups is 1. The topological polar surface area (TPSA) is 49.8 Å². The van der Waals surface area contributed by atoms with E-state index < -0.39 is 0 Å². The van der Waals surface area contributed by atoms with Crippen LogP contribution in [-0.2, 0) is 4.79 Å². The molecule has 4 nitrogen and oxygen atoms in total. The van der Waals surface area contributed by atoms with E-state index in [0.717, 1.165) is 24.3 Å². The van der Waals surface area contributed by atoms with Crippen LogP contribution in [0.1, 0.15) is 6.92 Å². The highest BCUT2D eigenvalue weighted by Crippen LogP contribution is 2.23. The first-order valence-electron chi connectivity index (χ1n) is 5.85. The van der Waals surface area contributed by atoms with Crippen LogP contribution in [-0.4, -0.2) is 42.8 Å². The molecule has 0 saturated carbocycles. The quantitative estimate of drug-likeness (QED) is 0.576. The van der Waals surface area contributed by atoms with Crippen molar-refractivity contribution in [1.82, 2.24) is 0 Å². The minimum absolute atomic E-state index is 0.00251. The smallest absolute Gasteiger partial charge is 0.152 e. The molecule has 5 heteroatoms. The standard InChI is InChI=1S/C13H19NO3S/c1-3-14(13(10-16)18-2)11-4-6-12(7-5-11)17-9-8-15/h4-7,10,13,15H,3,8-9H2,1-2H3. The summed E-state index contributed by atoms with van der Waals surface area (Å²) >= 11 is 1.51. The van der Waals surface area contributed by atoms with E-state index in [1.54, 1.807) is 0 Å². The molecule has 1 atom stereocenters. The van der Waals surface area contributed by atoms with Gasteiger partial charge < -0.3 is 19.5 Å². The number of nitrogens with zero attached hydrogens (tertiary/aromatic N) is 1. The van der Waals surface area contributed by atoms with Gasteiger partial charge in [-0.05, 0) is 37.4 Å². The summed E-state index contributed by atoms with van der Waals surface area (Å²) in [6.45, 7) is 3.07. The van der Waals surface area contributed by atoms with Crippen molar-refractivity contribution in [2.75, 3.05) is 30.9 Å². The van der Waals surface area contributed by atoms with Gasteiger partial charge in [0.15, 0.2) is 6.29 Å². The number of aldehydes is 1. The van der Waals surface area contributed by atoms with E-state index in [2.05, 4.69) is 0 Å². The molecule has 100 valence electrons. The van der Waals surface area contributed by atoms with E-state index in [0.29, 0.717) is 6.61 Å². The third-order valence-electron chi connectivity index (χ3n) is 2.53. The van der Waals surface area contributed by atoms with Gasteiger partial charge in [-0.25, -0.2) is 0 Å². The maximum atomic E-state index is 11.0. The number of hydrogen-bond acceptors (Lipinski definition) is 5. The second kappa shape index (κ2) is 8.00. The van der Waals surface area contributed by atoms with Gasteiger partial charge in [0, 0.05) is 12.2 Å². The molecular weight excluding hydrogens is 250 g/mol. The number of carbonyl (C=O) groups is 1. The van der Waals surface area contributed by atoms with Crippen LogP contribution in [0.25, 0.3) is 0 Å². The number of carbonyl (C=O) groups excluding carboxylic acids is 1. The number of aliphatic hydroxyl groups excluding tert-OH is 1. The maximum Gasteiger partial charge on any atom is 0.152 e. The number of benzene rings is 1. The average Bonchev–Trinajstić information content (AvgIpc) is 2.43. The molecule has 1 aromatic rings. The molecule has 0 aliphatic heterocycles. The number of likely N-dealkylation sites (N-methyl/N-ethyl adjacent to an activating group) is 1. The van der Waals surface area contributed by atoms with Gasteiger partial charge >= 0.3 is 0 Å². The van der Waals surface area contributed by atoms with Crippen LogP contribution in [0, 0.1) is 0 Å². The first kappa shape index (κ1) is 14.9. The molecule has 0 amide bonds. The predicted octanol–water partition coefficient (Wildman–Crippen LogP) is 1.77. The van der Waals surface area contributed by atoms with Crippen LogP contribution in [0.2, 0.25) is 0 Å². The molecule has 0 aromatic heterocycles. The van der Waals surface area contributed by atoms with E-state index in [1.165, 1.54) is 11.8 Å².